The Morgan fingerprint density at radius 1 is 0.870 bits per heavy atom. The number of hydrogen-bond donors (Lipinski definition) is 2. The second-order valence-corrected chi connectivity index (χ2v) is 5.95. The van der Waals surface area contributed by atoms with Crippen LogP contribution in [0.15, 0.2) is 59.4 Å². The molecule has 0 aliphatic heterocycles. The smallest absolute Gasteiger partial charge is 0.257 e. The van der Waals surface area contributed by atoms with Crippen molar-refractivity contribution in [1.82, 2.24) is 9.97 Å². The third-order valence-corrected chi connectivity index (χ3v) is 4.27. The minimum absolute atomic E-state index is 0.0657. The van der Waals surface area contributed by atoms with E-state index in [2.05, 4.69) is 41.2 Å². The van der Waals surface area contributed by atoms with E-state index in [-0.39, 0.29) is 5.56 Å². The summed E-state index contributed by atoms with van der Waals surface area (Å²) in [5, 5.41) is 2.19. The van der Waals surface area contributed by atoms with Gasteiger partial charge in [0.25, 0.3) is 5.56 Å². The van der Waals surface area contributed by atoms with Gasteiger partial charge in [-0.05, 0) is 47.7 Å². The highest BCUT2D eigenvalue weighted by Crippen LogP contribution is 2.25. The maximum atomic E-state index is 12.4. The average Bonchev–Trinajstić information content (AvgIpc) is 2.97. The summed E-state index contributed by atoms with van der Waals surface area (Å²) in [5.41, 5.74) is 4.73. The Bertz CT molecular complexity index is 1060. The van der Waals surface area contributed by atoms with Crippen LogP contribution < -0.4 is 5.56 Å². The quantitative estimate of drug-likeness (QED) is 0.569. The highest BCUT2D eigenvalue weighted by molar-refractivity contribution is 5.89. The number of benzene rings is 2. The number of hydrogen-bond acceptors (Lipinski definition) is 1. The summed E-state index contributed by atoms with van der Waals surface area (Å²) >= 11 is 0. The molecule has 2 aromatic heterocycles. The minimum Gasteiger partial charge on any atom is -0.354 e. The third-order valence-electron chi connectivity index (χ3n) is 4.27. The van der Waals surface area contributed by atoms with Crippen LogP contribution in [0, 0.1) is 0 Å². The van der Waals surface area contributed by atoms with E-state index in [1.54, 1.807) is 0 Å². The standard InChI is InChI=1S/C20H18N2O/c1-2-5-13-8-9-18-15(10-13)12-19(21-18)16-11-14-6-3-4-7-17(14)22-20(16)23/h3-4,6-12,21H,2,5H2,1H3,(H,22,23). The number of H-pyrrole nitrogens is 2. The zero-order valence-electron chi connectivity index (χ0n) is 13.0. The van der Waals surface area contributed by atoms with Crippen LogP contribution in [0.4, 0.5) is 0 Å². The van der Waals surface area contributed by atoms with Gasteiger partial charge in [0.2, 0.25) is 0 Å². The molecule has 0 saturated heterocycles. The molecule has 2 heterocycles. The van der Waals surface area contributed by atoms with Crippen molar-refractivity contribution in [2.75, 3.05) is 0 Å². The van der Waals surface area contributed by atoms with Crippen LogP contribution in [0.3, 0.4) is 0 Å². The van der Waals surface area contributed by atoms with Crippen molar-refractivity contribution >= 4 is 21.8 Å². The van der Waals surface area contributed by atoms with Crippen LogP contribution in [0.1, 0.15) is 18.9 Å². The van der Waals surface area contributed by atoms with Crippen LogP contribution in [-0.4, -0.2) is 9.97 Å². The number of rotatable bonds is 3. The Morgan fingerprint density at radius 3 is 2.57 bits per heavy atom. The third kappa shape index (κ3) is 2.44. The average molecular weight is 302 g/mol. The van der Waals surface area contributed by atoms with Crippen molar-refractivity contribution in [2.24, 2.45) is 0 Å². The lowest BCUT2D eigenvalue weighted by Gasteiger charge is -2.01. The van der Waals surface area contributed by atoms with E-state index < -0.39 is 0 Å². The van der Waals surface area contributed by atoms with Gasteiger partial charge in [0.15, 0.2) is 0 Å². The molecule has 0 radical (unpaired) electrons. The Labute approximate surface area is 134 Å². The summed E-state index contributed by atoms with van der Waals surface area (Å²) in [7, 11) is 0. The molecule has 0 saturated carbocycles. The Hall–Kier alpha value is -2.81. The molecule has 0 atom stereocenters. The second kappa shape index (κ2) is 5.43. The van der Waals surface area contributed by atoms with Gasteiger partial charge < -0.3 is 9.97 Å². The van der Waals surface area contributed by atoms with Gasteiger partial charge in [-0.25, -0.2) is 0 Å². The van der Waals surface area contributed by atoms with E-state index in [9.17, 15) is 4.79 Å². The topological polar surface area (TPSA) is 48.6 Å². The van der Waals surface area contributed by atoms with E-state index in [1.807, 2.05) is 30.3 Å². The first kappa shape index (κ1) is 13.8. The summed E-state index contributed by atoms with van der Waals surface area (Å²) in [5.74, 6) is 0. The molecule has 3 heteroatoms. The fourth-order valence-corrected chi connectivity index (χ4v) is 3.12. The Morgan fingerprint density at radius 2 is 1.70 bits per heavy atom. The van der Waals surface area contributed by atoms with Gasteiger partial charge in [-0.3, -0.25) is 4.79 Å². The van der Waals surface area contributed by atoms with Gasteiger partial charge in [0.1, 0.15) is 0 Å². The number of para-hydroxylation sites is 1. The van der Waals surface area contributed by atoms with Crippen molar-refractivity contribution in [3.05, 3.63) is 70.5 Å². The molecule has 4 aromatic rings. The van der Waals surface area contributed by atoms with Crippen LogP contribution >= 0.6 is 0 Å². The summed E-state index contributed by atoms with van der Waals surface area (Å²) in [6, 6.07) is 18.3. The lowest BCUT2D eigenvalue weighted by Crippen LogP contribution is -2.08. The lowest BCUT2D eigenvalue weighted by atomic mass is 10.1. The molecule has 0 amide bonds. The molecule has 114 valence electrons. The molecular weight excluding hydrogens is 284 g/mol. The van der Waals surface area contributed by atoms with Crippen LogP contribution in [0.25, 0.3) is 33.1 Å². The zero-order chi connectivity index (χ0) is 15.8. The first-order valence-corrected chi connectivity index (χ1v) is 7.98. The monoisotopic (exact) mass is 302 g/mol. The molecule has 0 fully saturated rings. The van der Waals surface area contributed by atoms with Gasteiger partial charge in [0, 0.05) is 16.4 Å². The predicted molar refractivity (Wildman–Crippen MR) is 95.9 cm³/mol. The lowest BCUT2D eigenvalue weighted by molar-refractivity contribution is 0.924. The van der Waals surface area contributed by atoms with Crippen molar-refractivity contribution in [3.63, 3.8) is 0 Å². The summed E-state index contributed by atoms with van der Waals surface area (Å²) < 4.78 is 0. The van der Waals surface area contributed by atoms with Crippen molar-refractivity contribution in [1.29, 1.82) is 0 Å². The second-order valence-electron chi connectivity index (χ2n) is 5.95. The number of nitrogens with one attached hydrogen (secondary N) is 2. The summed E-state index contributed by atoms with van der Waals surface area (Å²) in [4.78, 5) is 18.7. The molecule has 3 nitrogen and oxygen atoms in total. The molecule has 2 N–H and O–H groups in total. The van der Waals surface area contributed by atoms with Crippen molar-refractivity contribution < 1.29 is 0 Å². The molecule has 0 bridgehead atoms. The van der Waals surface area contributed by atoms with Gasteiger partial charge in [-0.1, -0.05) is 37.6 Å². The number of fused-ring (bicyclic) bond motifs is 2. The first-order chi connectivity index (χ1) is 11.2. The fourth-order valence-electron chi connectivity index (χ4n) is 3.12. The largest absolute Gasteiger partial charge is 0.354 e. The molecule has 0 spiro atoms. The van der Waals surface area contributed by atoms with Crippen LogP contribution in [0.5, 0.6) is 0 Å². The Kier molecular flexibility index (Phi) is 3.27. The van der Waals surface area contributed by atoms with Crippen LogP contribution in [-0.2, 0) is 6.42 Å². The minimum atomic E-state index is -0.0657. The number of aromatic amines is 2. The van der Waals surface area contributed by atoms with Gasteiger partial charge in [-0.15, -0.1) is 0 Å². The number of aryl methyl sites for hydroxylation is 1. The molecular formula is C20H18N2O. The maximum Gasteiger partial charge on any atom is 0.257 e. The van der Waals surface area contributed by atoms with E-state index in [4.69, 9.17) is 0 Å². The molecule has 0 aliphatic rings. The fraction of sp³-hybridized carbons (Fsp3) is 0.150. The molecule has 23 heavy (non-hydrogen) atoms. The van der Waals surface area contributed by atoms with Gasteiger partial charge >= 0.3 is 0 Å². The molecule has 0 unspecified atom stereocenters. The molecule has 2 aromatic carbocycles. The van der Waals surface area contributed by atoms with Gasteiger partial charge in [-0.2, -0.15) is 0 Å². The van der Waals surface area contributed by atoms with E-state index in [1.165, 1.54) is 5.56 Å². The number of aromatic nitrogens is 2. The van der Waals surface area contributed by atoms with E-state index >= 15 is 0 Å². The molecule has 0 aliphatic carbocycles. The van der Waals surface area contributed by atoms with Crippen molar-refractivity contribution in [2.45, 2.75) is 19.8 Å². The first-order valence-electron chi connectivity index (χ1n) is 7.98. The van der Waals surface area contributed by atoms with E-state index in [0.717, 1.165) is 40.3 Å². The highest BCUT2D eigenvalue weighted by Gasteiger charge is 2.09. The SMILES string of the molecule is CCCc1ccc2[nH]c(-c3cc4ccccc4[nH]c3=O)cc2c1. The summed E-state index contributed by atoms with van der Waals surface area (Å²) in [6.45, 7) is 2.18. The van der Waals surface area contributed by atoms with Crippen LogP contribution in [0.2, 0.25) is 0 Å². The molecule has 4 rings (SSSR count). The van der Waals surface area contributed by atoms with Crippen molar-refractivity contribution in [3.8, 4) is 11.3 Å². The zero-order valence-corrected chi connectivity index (χ0v) is 13.0. The summed E-state index contributed by atoms with van der Waals surface area (Å²) in [6.07, 6.45) is 2.21. The highest BCUT2D eigenvalue weighted by atomic mass is 16.1. The van der Waals surface area contributed by atoms with E-state index in [0.29, 0.717) is 5.56 Å². The maximum absolute atomic E-state index is 12.4. The normalized spacial score (nSPS) is 11.3. The number of pyridine rings is 1. The Balaban J connectivity index is 1.88. The predicted octanol–water partition coefficient (Wildman–Crippen LogP) is 4.63. The van der Waals surface area contributed by atoms with Gasteiger partial charge in [0.05, 0.1) is 11.3 Å².